The van der Waals surface area contributed by atoms with Crippen LogP contribution in [-0.4, -0.2) is 18.0 Å². The maximum Gasteiger partial charge on any atom is 0.224 e. The Morgan fingerprint density at radius 1 is 1.35 bits per heavy atom. The molecule has 2 aliphatic heterocycles. The van der Waals surface area contributed by atoms with E-state index >= 15 is 0 Å². The van der Waals surface area contributed by atoms with Gasteiger partial charge in [-0.1, -0.05) is 0 Å². The Labute approximate surface area is 126 Å². The second kappa shape index (κ2) is 5.82. The number of nitrogens with one attached hydrogen (secondary N) is 2. The molecule has 2 heterocycles. The van der Waals surface area contributed by atoms with E-state index in [0.29, 0.717) is 34.6 Å². The summed E-state index contributed by atoms with van der Waals surface area (Å²) in [5, 5.41) is 6.37. The lowest BCUT2D eigenvalue weighted by molar-refractivity contribution is -0.117. The second-order valence-corrected chi connectivity index (χ2v) is 6.71. The molecule has 0 spiro atoms. The van der Waals surface area contributed by atoms with Crippen molar-refractivity contribution >= 4 is 27.5 Å². The molecule has 2 N–H and O–H groups in total. The standard InChI is InChI=1S/C15H18BrFN2O/c16-13-4-1-10(17)8-14(13)19-15(20)7-9-5-11-2-3-12(6-9)18-11/h1,4,8-9,11-12,18H,2-3,5-7H2,(H,19,20). The number of benzene rings is 1. The summed E-state index contributed by atoms with van der Waals surface area (Å²) >= 11 is 3.32. The summed E-state index contributed by atoms with van der Waals surface area (Å²) in [6.07, 6.45) is 5.15. The Bertz CT molecular complexity index is 511. The fourth-order valence-electron chi connectivity index (χ4n) is 3.40. The van der Waals surface area contributed by atoms with Gasteiger partial charge in [0.15, 0.2) is 0 Å². The average molecular weight is 341 g/mol. The second-order valence-electron chi connectivity index (χ2n) is 5.85. The van der Waals surface area contributed by atoms with Gasteiger partial charge in [-0.3, -0.25) is 4.79 Å². The van der Waals surface area contributed by atoms with Crippen molar-refractivity contribution in [2.24, 2.45) is 5.92 Å². The van der Waals surface area contributed by atoms with Gasteiger partial charge in [0.25, 0.3) is 0 Å². The third kappa shape index (κ3) is 3.20. The first-order valence-corrected chi connectivity index (χ1v) is 7.90. The van der Waals surface area contributed by atoms with E-state index in [-0.39, 0.29) is 11.7 Å². The average Bonchev–Trinajstić information content (AvgIpc) is 2.73. The molecule has 1 aromatic carbocycles. The Morgan fingerprint density at radius 3 is 2.75 bits per heavy atom. The van der Waals surface area contributed by atoms with Crippen LogP contribution in [0.4, 0.5) is 10.1 Å². The van der Waals surface area contributed by atoms with Crippen molar-refractivity contribution in [1.29, 1.82) is 0 Å². The van der Waals surface area contributed by atoms with Crippen molar-refractivity contribution in [1.82, 2.24) is 5.32 Å². The predicted octanol–water partition coefficient (Wildman–Crippen LogP) is 3.45. The summed E-state index contributed by atoms with van der Waals surface area (Å²) < 4.78 is 13.9. The van der Waals surface area contributed by atoms with Crippen LogP contribution in [0.3, 0.4) is 0 Å². The molecule has 0 saturated carbocycles. The van der Waals surface area contributed by atoms with Gasteiger partial charge in [-0.15, -0.1) is 0 Å². The lowest BCUT2D eigenvalue weighted by Crippen LogP contribution is -2.39. The lowest BCUT2D eigenvalue weighted by atomic mass is 9.89. The summed E-state index contributed by atoms with van der Waals surface area (Å²) in [4.78, 5) is 12.1. The van der Waals surface area contributed by atoms with Gasteiger partial charge in [-0.2, -0.15) is 0 Å². The number of hydrogen-bond donors (Lipinski definition) is 2. The molecule has 2 aliphatic rings. The number of amides is 1. The SMILES string of the molecule is O=C(CC1CC2CCC(C1)N2)Nc1cc(F)ccc1Br. The molecule has 2 atom stereocenters. The number of carbonyl (C=O) groups excluding carboxylic acids is 1. The highest BCUT2D eigenvalue weighted by Crippen LogP contribution is 2.33. The minimum Gasteiger partial charge on any atom is -0.325 e. The molecule has 0 radical (unpaired) electrons. The van der Waals surface area contributed by atoms with Crippen LogP contribution in [0.2, 0.25) is 0 Å². The van der Waals surface area contributed by atoms with Crippen molar-refractivity contribution in [3.8, 4) is 0 Å². The molecule has 108 valence electrons. The quantitative estimate of drug-likeness (QED) is 0.884. The van der Waals surface area contributed by atoms with E-state index in [4.69, 9.17) is 0 Å². The van der Waals surface area contributed by atoms with E-state index in [1.54, 1.807) is 6.07 Å². The molecule has 5 heteroatoms. The molecule has 1 aromatic rings. The first kappa shape index (κ1) is 14.0. The van der Waals surface area contributed by atoms with Crippen LogP contribution in [0.1, 0.15) is 32.1 Å². The van der Waals surface area contributed by atoms with Gasteiger partial charge in [0.1, 0.15) is 5.82 Å². The third-order valence-electron chi connectivity index (χ3n) is 4.25. The van der Waals surface area contributed by atoms with Gasteiger partial charge in [-0.05, 0) is 65.7 Å². The number of hydrogen-bond acceptors (Lipinski definition) is 2. The third-order valence-corrected chi connectivity index (χ3v) is 4.94. The normalized spacial score (nSPS) is 28.4. The highest BCUT2D eigenvalue weighted by Gasteiger charge is 2.34. The number of carbonyl (C=O) groups is 1. The number of rotatable bonds is 3. The molecule has 2 saturated heterocycles. The Balaban J connectivity index is 1.58. The van der Waals surface area contributed by atoms with Gasteiger partial charge in [0, 0.05) is 23.0 Å². The topological polar surface area (TPSA) is 41.1 Å². The number of piperidine rings is 1. The zero-order valence-electron chi connectivity index (χ0n) is 11.2. The van der Waals surface area contributed by atoms with Crippen LogP contribution in [0.25, 0.3) is 0 Å². The monoisotopic (exact) mass is 340 g/mol. The molecule has 2 unspecified atom stereocenters. The summed E-state index contributed by atoms with van der Waals surface area (Å²) in [5.74, 6) is 0.0760. The van der Waals surface area contributed by atoms with Crippen LogP contribution < -0.4 is 10.6 Å². The van der Waals surface area contributed by atoms with Gasteiger partial charge in [0.05, 0.1) is 5.69 Å². The molecule has 3 rings (SSSR count). The number of fused-ring (bicyclic) bond motifs is 2. The van der Waals surface area contributed by atoms with E-state index in [2.05, 4.69) is 26.6 Å². The number of halogens is 2. The zero-order chi connectivity index (χ0) is 14.1. The summed E-state index contributed by atoms with van der Waals surface area (Å²) in [7, 11) is 0. The van der Waals surface area contributed by atoms with Crippen LogP contribution in [0.5, 0.6) is 0 Å². The minimum absolute atomic E-state index is 0.0254. The first-order chi connectivity index (χ1) is 9.60. The molecule has 0 aromatic heterocycles. The molecule has 2 fully saturated rings. The molecule has 0 aliphatic carbocycles. The Hall–Kier alpha value is -0.940. The van der Waals surface area contributed by atoms with Gasteiger partial charge < -0.3 is 10.6 Å². The summed E-state index contributed by atoms with van der Waals surface area (Å²) in [5.41, 5.74) is 0.506. The van der Waals surface area contributed by atoms with E-state index in [1.165, 1.54) is 25.0 Å². The largest absolute Gasteiger partial charge is 0.325 e. The van der Waals surface area contributed by atoms with E-state index < -0.39 is 0 Å². The van der Waals surface area contributed by atoms with E-state index in [1.807, 2.05) is 0 Å². The summed E-state index contributed by atoms with van der Waals surface area (Å²) in [6, 6.07) is 5.49. The van der Waals surface area contributed by atoms with Crippen LogP contribution in [0.15, 0.2) is 22.7 Å². The van der Waals surface area contributed by atoms with Crippen molar-refractivity contribution in [3.63, 3.8) is 0 Å². The van der Waals surface area contributed by atoms with Gasteiger partial charge in [0.2, 0.25) is 5.91 Å². The van der Waals surface area contributed by atoms with Crippen molar-refractivity contribution in [3.05, 3.63) is 28.5 Å². The maximum atomic E-state index is 13.2. The molecular weight excluding hydrogens is 323 g/mol. The van der Waals surface area contributed by atoms with Crippen molar-refractivity contribution < 1.29 is 9.18 Å². The smallest absolute Gasteiger partial charge is 0.224 e. The minimum atomic E-state index is -0.344. The van der Waals surface area contributed by atoms with Crippen LogP contribution in [0, 0.1) is 11.7 Å². The molecule has 3 nitrogen and oxygen atoms in total. The van der Waals surface area contributed by atoms with Crippen molar-refractivity contribution in [2.75, 3.05) is 5.32 Å². The van der Waals surface area contributed by atoms with Crippen LogP contribution in [-0.2, 0) is 4.79 Å². The number of anilines is 1. The molecular formula is C15H18BrFN2O. The predicted molar refractivity (Wildman–Crippen MR) is 80.0 cm³/mol. The Kier molecular flexibility index (Phi) is 4.08. The van der Waals surface area contributed by atoms with Crippen LogP contribution >= 0.6 is 15.9 Å². The first-order valence-electron chi connectivity index (χ1n) is 7.11. The zero-order valence-corrected chi connectivity index (χ0v) is 12.7. The highest BCUT2D eigenvalue weighted by molar-refractivity contribution is 9.10. The van der Waals surface area contributed by atoms with Gasteiger partial charge in [-0.25, -0.2) is 4.39 Å². The van der Waals surface area contributed by atoms with E-state index in [9.17, 15) is 9.18 Å². The molecule has 20 heavy (non-hydrogen) atoms. The molecule has 1 amide bonds. The van der Waals surface area contributed by atoms with Gasteiger partial charge >= 0.3 is 0 Å². The fraction of sp³-hybridized carbons (Fsp3) is 0.533. The lowest BCUT2D eigenvalue weighted by Gasteiger charge is -2.28. The van der Waals surface area contributed by atoms with Crippen molar-refractivity contribution in [2.45, 2.75) is 44.2 Å². The van der Waals surface area contributed by atoms with E-state index in [0.717, 1.165) is 12.8 Å². The fourth-order valence-corrected chi connectivity index (χ4v) is 3.74. The summed E-state index contributed by atoms with van der Waals surface area (Å²) in [6.45, 7) is 0. The maximum absolute atomic E-state index is 13.2. The highest BCUT2D eigenvalue weighted by atomic mass is 79.9. The Morgan fingerprint density at radius 2 is 2.05 bits per heavy atom. The molecule has 2 bridgehead atoms.